The van der Waals surface area contributed by atoms with Gasteiger partial charge in [0.25, 0.3) is 10.0 Å². The highest BCUT2D eigenvalue weighted by Crippen LogP contribution is 2.26. The summed E-state index contributed by atoms with van der Waals surface area (Å²) in [6.45, 7) is 5.59. The van der Waals surface area contributed by atoms with Gasteiger partial charge < -0.3 is 10.2 Å². The van der Waals surface area contributed by atoms with Crippen molar-refractivity contribution in [2.45, 2.75) is 31.7 Å². The quantitative estimate of drug-likeness (QED) is 0.471. The Morgan fingerprint density at radius 3 is 2.63 bits per heavy atom. The summed E-state index contributed by atoms with van der Waals surface area (Å²) >= 11 is 0. The Morgan fingerprint density at radius 2 is 1.93 bits per heavy atom. The second-order valence-corrected chi connectivity index (χ2v) is 8.69. The number of carbonyl (C=O) groups is 1. The van der Waals surface area contributed by atoms with Crippen LogP contribution in [-0.2, 0) is 19.6 Å². The molecular weight excluding hydrogens is 406 g/mol. The number of imidazole rings is 1. The standard InChI is InChI=1S/C20H21N5O4S/c1-4-29-20(26)14(3)23-24-12-22-17-11-21-19-16(18(17)24)9-10-25(19)30(27,28)15-7-5-13(2)6-8-15/h5-12,14,23H,4H2,1-3H3. The van der Waals surface area contributed by atoms with E-state index in [9.17, 15) is 13.2 Å². The SMILES string of the molecule is CCOC(=O)C(C)Nn1cnc2cnc3c(ccn3S(=O)(=O)c3ccc(C)cc3)c21. The smallest absolute Gasteiger partial charge is 0.329 e. The molecule has 4 aromatic rings. The van der Waals surface area contributed by atoms with Crippen LogP contribution in [0.1, 0.15) is 19.4 Å². The molecule has 0 aliphatic carbocycles. The number of hydrogen-bond donors (Lipinski definition) is 1. The van der Waals surface area contributed by atoms with Crippen LogP contribution in [0.4, 0.5) is 0 Å². The molecule has 3 heterocycles. The van der Waals surface area contributed by atoms with E-state index in [-0.39, 0.29) is 17.1 Å². The Balaban J connectivity index is 1.81. The van der Waals surface area contributed by atoms with Crippen LogP contribution in [0.25, 0.3) is 22.1 Å². The lowest BCUT2D eigenvalue weighted by atomic mass is 10.2. The van der Waals surface area contributed by atoms with Gasteiger partial charge in [-0.15, -0.1) is 0 Å². The van der Waals surface area contributed by atoms with Crippen molar-refractivity contribution >= 4 is 38.1 Å². The summed E-state index contributed by atoms with van der Waals surface area (Å²) in [5.74, 6) is -0.399. The lowest BCUT2D eigenvalue weighted by Crippen LogP contribution is -2.33. The van der Waals surface area contributed by atoms with Gasteiger partial charge >= 0.3 is 5.97 Å². The minimum absolute atomic E-state index is 0.176. The van der Waals surface area contributed by atoms with Crippen molar-refractivity contribution in [1.82, 2.24) is 18.6 Å². The number of aromatic nitrogens is 4. The number of nitrogens with one attached hydrogen (secondary N) is 1. The second-order valence-electron chi connectivity index (χ2n) is 6.88. The first-order valence-electron chi connectivity index (χ1n) is 9.41. The molecule has 0 saturated carbocycles. The molecule has 0 radical (unpaired) electrons. The number of pyridine rings is 1. The van der Waals surface area contributed by atoms with Crippen LogP contribution < -0.4 is 5.43 Å². The van der Waals surface area contributed by atoms with Crippen LogP contribution in [0.15, 0.2) is 53.9 Å². The van der Waals surface area contributed by atoms with E-state index in [4.69, 9.17) is 4.74 Å². The summed E-state index contributed by atoms with van der Waals surface area (Å²) in [5.41, 5.74) is 5.45. The van der Waals surface area contributed by atoms with Crippen LogP contribution >= 0.6 is 0 Å². The first-order valence-corrected chi connectivity index (χ1v) is 10.9. The second kappa shape index (κ2) is 7.45. The molecule has 0 aliphatic heterocycles. The lowest BCUT2D eigenvalue weighted by Gasteiger charge is -2.15. The Labute approximate surface area is 173 Å². The van der Waals surface area contributed by atoms with E-state index >= 15 is 0 Å². The van der Waals surface area contributed by atoms with Gasteiger partial charge in [-0.25, -0.2) is 31.8 Å². The number of esters is 1. The number of carbonyl (C=O) groups excluding carboxylic acids is 1. The van der Waals surface area contributed by atoms with Crippen molar-refractivity contribution in [3.63, 3.8) is 0 Å². The number of hydrogen-bond acceptors (Lipinski definition) is 7. The Bertz CT molecular complexity index is 1340. The van der Waals surface area contributed by atoms with Crippen molar-refractivity contribution < 1.29 is 17.9 Å². The molecule has 0 spiro atoms. The average Bonchev–Trinajstić information content (AvgIpc) is 3.32. The zero-order valence-electron chi connectivity index (χ0n) is 16.7. The van der Waals surface area contributed by atoms with Gasteiger partial charge in [0.05, 0.1) is 17.7 Å². The van der Waals surface area contributed by atoms with Crippen molar-refractivity contribution in [3.8, 4) is 0 Å². The van der Waals surface area contributed by atoms with E-state index in [1.165, 1.54) is 18.7 Å². The Kier molecular flexibility index (Phi) is 4.94. The fourth-order valence-corrected chi connectivity index (χ4v) is 4.51. The Hall–Kier alpha value is -3.40. The highest BCUT2D eigenvalue weighted by Gasteiger charge is 2.22. The average molecular weight is 427 g/mol. The number of fused-ring (bicyclic) bond motifs is 3. The lowest BCUT2D eigenvalue weighted by molar-refractivity contribution is -0.143. The van der Waals surface area contributed by atoms with Crippen LogP contribution in [0, 0.1) is 6.92 Å². The molecular formula is C20H21N5O4S. The molecule has 1 unspecified atom stereocenters. The molecule has 1 N–H and O–H groups in total. The van der Waals surface area contributed by atoms with Gasteiger partial charge in [-0.3, -0.25) is 0 Å². The summed E-state index contributed by atoms with van der Waals surface area (Å²) in [7, 11) is -3.82. The topological polar surface area (TPSA) is 108 Å². The van der Waals surface area contributed by atoms with Gasteiger partial charge in [-0.2, -0.15) is 0 Å². The van der Waals surface area contributed by atoms with Crippen LogP contribution in [0.3, 0.4) is 0 Å². The molecule has 1 aromatic carbocycles. The predicted octanol–water partition coefficient (Wildman–Crippen LogP) is 2.43. The van der Waals surface area contributed by atoms with E-state index in [2.05, 4.69) is 15.4 Å². The fourth-order valence-electron chi connectivity index (χ4n) is 3.21. The first-order chi connectivity index (χ1) is 14.3. The van der Waals surface area contributed by atoms with Crippen molar-refractivity contribution in [1.29, 1.82) is 0 Å². The van der Waals surface area contributed by atoms with Gasteiger partial charge in [0.15, 0.2) is 5.65 Å². The van der Waals surface area contributed by atoms with E-state index in [1.807, 2.05) is 6.92 Å². The third-order valence-electron chi connectivity index (χ3n) is 4.74. The van der Waals surface area contributed by atoms with E-state index < -0.39 is 22.0 Å². The monoisotopic (exact) mass is 427 g/mol. The molecule has 9 nitrogen and oxygen atoms in total. The zero-order valence-corrected chi connectivity index (χ0v) is 17.5. The molecule has 0 bridgehead atoms. The molecule has 0 amide bonds. The van der Waals surface area contributed by atoms with Gasteiger partial charge in [-0.05, 0) is 39.0 Å². The summed E-state index contributed by atoms with van der Waals surface area (Å²) in [4.78, 5) is 20.8. The molecule has 30 heavy (non-hydrogen) atoms. The molecule has 4 rings (SSSR count). The van der Waals surface area contributed by atoms with Crippen LogP contribution in [0.2, 0.25) is 0 Å². The summed E-state index contributed by atoms with van der Waals surface area (Å²) in [6, 6.07) is 7.69. The molecule has 156 valence electrons. The summed E-state index contributed by atoms with van der Waals surface area (Å²) in [6.07, 6.45) is 4.50. The maximum Gasteiger partial charge on any atom is 0.329 e. The maximum absolute atomic E-state index is 13.1. The zero-order chi connectivity index (χ0) is 21.5. The normalized spacial score (nSPS) is 12.9. The molecule has 0 fully saturated rings. The minimum Gasteiger partial charge on any atom is -0.464 e. The van der Waals surface area contributed by atoms with E-state index in [0.29, 0.717) is 16.4 Å². The summed E-state index contributed by atoms with van der Waals surface area (Å²) in [5, 5.41) is 0.587. The van der Waals surface area contributed by atoms with Gasteiger partial charge in [0.1, 0.15) is 23.4 Å². The third kappa shape index (κ3) is 3.28. The van der Waals surface area contributed by atoms with E-state index in [1.54, 1.807) is 48.9 Å². The number of rotatable bonds is 6. The third-order valence-corrected chi connectivity index (χ3v) is 6.42. The molecule has 3 aromatic heterocycles. The highest BCUT2D eigenvalue weighted by atomic mass is 32.2. The molecule has 0 aliphatic rings. The van der Waals surface area contributed by atoms with Crippen LogP contribution in [0.5, 0.6) is 0 Å². The predicted molar refractivity (Wildman–Crippen MR) is 112 cm³/mol. The molecule has 0 saturated heterocycles. The number of benzene rings is 1. The molecule has 10 heteroatoms. The largest absolute Gasteiger partial charge is 0.464 e. The van der Waals surface area contributed by atoms with Crippen LogP contribution in [-0.4, -0.2) is 45.7 Å². The minimum atomic E-state index is -3.82. The maximum atomic E-state index is 13.1. The van der Waals surface area contributed by atoms with Gasteiger partial charge in [0.2, 0.25) is 0 Å². The van der Waals surface area contributed by atoms with Gasteiger partial charge in [0, 0.05) is 11.6 Å². The fraction of sp³-hybridized carbons (Fsp3) is 0.250. The first kappa shape index (κ1) is 19.9. The number of nitrogens with zero attached hydrogens (tertiary/aromatic N) is 4. The number of aryl methyl sites for hydroxylation is 1. The number of ether oxygens (including phenoxy) is 1. The summed E-state index contributed by atoms with van der Waals surface area (Å²) < 4.78 is 34.1. The molecule has 1 atom stereocenters. The van der Waals surface area contributed by atoms with E-state index in [0.717, 1.165) is 9.54 Å². The van der Waals surface area contributed by atoms with Crippen molar-refractivity contribution in [3.05, 3.63) is 54.6 Å². The van der Waals surface area contributed by atoms with Crippen molar-refractivity contribution in [2.75, 3.05) is 12.0 Å². The van der Waals surface area contributed by atoms with Crippen molar-refractivity contribution in [2.24, 2.45) is 0 Å². The Morgan fingerprint density at radius 1 is 1.20 bits per heavy atom. The van der Waals surface area contributed by atoms with Gasteiger partial charge in [-0.1, -0.05) is 17.7 Å². The highest BCUT2D eigenvalue weighted by molar-refractivity contribution is 7.90.